The van der Waals surface area contributed by atoms with Crippen molar-refractivity contribution in [2.45, 2.75) is 109 Å². The van der Waals surface area contributed by atoms with Gasteiger partial charge in [-0.3, -0.25) is 18.9 Å². The highest BCUT2D eigenvalue weighted by molar-refractivity contribution is 7.48. The van der Waals surface area contributed by atoms with E-state index in [9.17, 15) is 29.2 Å². The van der Waals surface area contributed by atoms with Crippen LogP contribution in [0.3, 0.4) is 0 Å². The molecule has 19 nitrogen and oxygen atoms in total. The standard InChI is InChI=1S/C26H40N5O14P/c1-23(2,3)42-20(32)30-19-28-16-13(17(29-19)41-22(34)44-25(7,8)9)27-14-18(31(16)21(33)43-24(4,5)6)40-12-11-39-46(37,38-10)45-15(12)26(14,35)36/h12,14-15,18,27,35-36H,11H2,1-10H3,(H,28,29,30,32). The summed E-state index contributed by atoms with van der Waals surface area (Å²) in [5.41, 5.74) is -3.34. The minimum Gasteiger partial charge on any atom is -0.444 e. The van der Waals surface area contributed by atoms with Crippen molar-refractivity contribution in [2.24, 2.45) is 0 Å². The molecule has 20 heteroatoms. The van der Waals surface area contributed by atoms with Gasteiger partial charge in [0.2, 0.25) is 11.7 Å². The molecule has 5 atom stereocenters. The fourth-order valence-electron chi connectivity index (χ4n) is 4.46. The number of phosphoric acid groups is 1. The first-order valence-corrected chi connectivity index (χ1v) is 15.6. The van der Waals surface area contributed by atoms with Crippen molar-refractivity contribution in [1.29, 1.82) is 0 Å². The first-order valence-electron chi connectivity index (χ1n) is 14.1. The molecule has 3 aliphatic heterocycles. The third-order valence-corrected chi connectivity index (χ3v) is 7.49. The first kappa shape index (κ1) is 35.5. The number of ether oxygens (including phenoxy) is 5. The van der Waals surface area contributed by atoms with Crippen LogP contribution in [0.15, 0.2) is 0 Å². The number of carbonyl (C=O) groups is 3. The Hall–Kier alpha value is -3.32. The zero-order valence-corrected chi connectivity index (χ0v) is 28.0. The van der Waals surface area contributed by atoms with Crippen LogP contribution in [0.25, 0.3) is 0 Å². The van der Waals surface area contributed by atoms with Crippen molar-refractivity contribution < 1.29 is 66.4 Å². The molecule has 1 aromatic heterocycles. The van der Waals surface area contributed by atoms with E-state index in [2.05, 4.69) is 20.6 Å². The van der Waals surface area contributed by atoms with Gasteiger partial charge in [0.1, 0.15) is 34.6 Å². The number of carbonyl (C=O) groups excluding carboxylic acids is 3. The molecule has 0 bridgehead atoms. The Morgan fingerprint density at radius 3 is 2.17 bits per heavy atom. The van der Waals surface area contributed by atoms with Gasteiger partial charge in [0.25, 0.3) is 5.88 Å². The molecule has 3 aliphatic rings. The highest BCUT2D eigenvalue weighted by Gasteiger charge is 2.64. The van der Waals surface area contributed by atoms with E-state index in [1.165, 1.54) is 0 Å². The molecule has 258 valence electrons. The average Bonchev–Trinajstić information content (AvgIpc) is 2.85. The van der Waals surface area contributed by atoms with Crippen molar-refractivity contribution in [3.63, 3.8) is 0 Å². The van der Waals surface area contributed by atoms with Gasteiger partial charge in [-0.2, -0.15) is 9.97 Å². The molecule has 5 unspecified atom stereocenters. The summed E-state index contributed by atoms with van der Waals surface area (Å²) >= 11 is 0. The van der Waals surface area contributed by atoms with Crippen LogP contribution >= 0.6 is 7.82 Å². The molecule has 0 saturated carbocycles. The Morgan fingerprint density at radius 1 is 1.00 bits per heavy atom. The number of amides is 2. The van der Waals surface area contributed by atoms with Crippen molar-refractivity contribution >= 4 is 43.6 Å². The lowest BCUT2D eigenvalue weighted by atomic mass is 9.90. The average molecular weight is 678 g/mol. The summed E-state index contributed by atoms with van der Waals surface area (Å²) in [6, 6.07) is -1.72. The molecule has 0 radical (unpaired) electrons. The molecule has 4 heterocycles. The summed E-state index contributed by atoms with van der Waals surface area (Å²) in [4.78, 5) is 48.4. The Morgan fingerprint density at radius 2 is 1.61 bits per heavy atom. The second kappa shape index (κ2) is 12.0. The van der Waals surface area contributed by atoms with Gasteiger partial charge < -0.3 is 39.2 Å². The Labute approximate surface area is 264 Å². The molecule has 46 heavy (non-hydrogen) atoms. The SMILES string of the molecule is COP1(=O)OCC2OC3C(Nc4c(OC(=O)OC(C)(C)C)nc(NC(=O)OC(C)(C)C)nc4N3C(=O)OC(C)(C)C)C(O)(O)C2O1. The smallest absolute Gasteiger partial charge is 0.444 e. The molecule has 0 spiro atoms. The minimum atomic E-state index is -4.22. The van der Waals surface area contributed by atoms with Crippen molar-refractivity contribution in [3.8, 4) is 5.88 Å². The topological polar surface area (TPSA) is 236 Å². The van der Waals surface area contributed by atoms with Crippen LogP contribution in [0.2, 0.25) is 0 Å². The second-order valence-electron chi connectivity index (χ2n) is 13.5. The van der Waals surface area contributed by atoms with Crippen molar-refractivity contribution in [2.75, 3.05) is 29.3 Å². The van der Waals surface area contributed by atoms with Crippen molar-refractivity contribution in [1.82, 2.24) is 9.97 Å². The number of nitrogens with one attached hydrogen (secondary N) is 2. The molecule has 4 N–H and O–H groups in total. The van der Waals surface area contributed by atoms with E-state index in [1.807, 2.05) is 0 Å². The third-order valence-electron chi connectivity index (χ3n) is 6.09. The quantitative estimate of drug-likeness (QED) is 0.155. The second-order valence-corrected chi connectivity index (χ2v) is 15.2. The summed E-state index contributed by atoms with van der Waals surface area (Å²) in [5.74, 6) is -4.42. The van der Waals surface area contributed by atoms with Gasteiger partial charge >= 0.3 is 26.2 Å². The van der Waals surface area contributed by atoms with E-state index in [4.69, 9.17) is 37.3 Å². The maximum absolute atomic E-state index is 13.8. The van der Waals surface area contributed by atoms with Crippen LogP contribution in [0, 0.1) is 0 Å². The Kier molecular flexibility index (Phi) is 9.30. The maximum Gasteiger partial charge on any atom is 0.515 e. The Bertz CT molecular complexity index is 1420. The van der Waals surface area contributed by atoms with E-state index in [0.29, 0.717) is 0 Å². The summed E-state index contributed by atoms with van der Waals surface area (Å²) in [6.45, 7) is 13.9. The van der Waals surface area contributed by atoms with Crippen molar-refractivity contribution in [3.05, 3.63) is 0 Å². The largest absolute Gasteiger partial charge is 0.515 e. The number of hydrogen-bond donors (Lipinski definition) is 4. The fourth-order valence-corrected chi connectivity index (χ4v) is 5.61. The van der Waals surface area contributed by atoms with Crippen LogP contribution in [0.4, 0.5) is 31.8 Å². The fraction of sp³-hybridized carbons (Fsp3) is 0.731. The monoisotopic (exact) mass is 677 g/mol. The van der Waals surface area contributed by atoms with Crippen LogP contribution in [-0.2, 0) is 37.1 Å². The number of fused-ring (bicyclic) bond motifs is 3. The van der Waals surface area contributed by atoms with E-state index >= 15 is 0 Å². The van der Waals surface area contributed by atoms with Crippen LogP contribution in [0.1, 0.15) is 62.3 Å². The van der Waals surface area contributed by atoms with E-state index in [1.54, 1.807) is 62.3 Å². The van der Waals surface area contributed by atoms with Crippen LogP contribution in [-0.4, -0.2) is 99.3 Å². The number of nitrogens with zero attached hydrogens (tertiary/aromatic N) is 3. The molecular weight excluding hydrogens is 637 g/mol. The van der Waals surface area contributed by atoms with Gasteiger partial charge in [-0.05, 0) is 62.3 Å². The summed E-state index contributed by atoms with van der Waals surface area (Å²) < 4.78 is 55.6. The summed E-state index contributed by atoms with van der Waals surface area (Å²) in [6.07, 6.45) is -7.97. The molecule has 1 aromatic rings. The zero-order chi connectivity index (χ0) is 34.6. The van der Waals surface area contributed by atoms with E-state index in [0.717, 1.165) is 12.0 Å². The lowest BCUT2D eigenvalue weighted by Gasteiger charge is -2.54. The molecule has 0 aromatic carbocycles. The lowest BCUT2D eigenvalue weighted by Crippen LogP contribution is -2.75. The summed E-state index contributed by atoms with van der Waals surface area (Å²) in [7, 11) is -3.17. The summed E-state index contributed by atoms with van der Waals surface area (Å²) in [5, 5.41) is 28.0. The Balaban J connectivity index is 1.87. The number of anilines is 3. The number of rotatable bonds is 3. The van der Waals surface area contributed by atoms with Gasteiger partial charge in [-0.25, -0.2) is 23.8 Å². The molecule has 2 saturated heterocycles. The maximum atomic E-state index is 13.8. The normalized spacial score (nSPS) is 27.2. The predicted molar refractivity (Wildman–Crippen MR) is 156 cm³/mol. The number of aromatic nitrogens is 2. The highest BCUT2D eigenvalue weighted by Crippen LogP contribution is 2.57. The number of hydrogen-bond acceptors (Lipinski definition) is 17. The molecule has 2 amide bonds. The first-order chi connectivity index (χ1) is 20.9. The third kappa shape index (κ3) is 7.96. The predicted octanol–water partition coefficient (Wildman–Crippen LogP) is 3.25. The van der Waals surface area contributed by atoms with Gasteiger partial charge in [0, 0.05) is 7.11 Å². The van der Waals surface area contributed by atoms with Gasteiger partial charge in [-0.15, -0.1) is 0 Å². The van der Waals surface area contributed by atoms with Gasteiger partial charge in [0.15, 0.2) is 18.1 Å². The molecule has 0 aliphatic carbocycles. The van der Waals surface area contributed by atoms with Gasteiger partial charge in [0.05, 0.1) is 6.61 Å². The van der Waals surface area contributed by atoms with Crippen LogP contribution < -0.4 is 20.3 Å². The lowest BCUT2D eigenvalue weighted by molar-refractivity contribution is -0.315. The van der Waals surface area contributed by atoms with Gasteiger partial charge in [-0.1, -0.05) is 0 Å². The number of phosphoric ester groups is 1. The highest BCUT2D eigenvalue weighted by atomic mass is 31.2. The minimum absolute atomic E-state index is 0.343. The zero-order valence-electron chi connectivity index (χ0n) is 27.1. The molecule has 4 rings (SSSR count). The molecular formula is C26H40N5O14P. The molecule has 2 fully saturated rings. The number of aliphatic hydroxyl groups is 2. The van der Waals surface area contributed by atoms with E-state index < -0.39 is 91.7 Å². The van der Waals surface area contributed by atoms with Crippen LogP contribution in [0.5, 0.6) is 5.88 Å². The van der Waals surface area contributed by atoms with E-state index in [-0.39, 0.29) is 11.5 Å².